The van der Waals surface area contributed by atoms with Gasteiger partial charge in [-0.25, -0.2) is 4.98 Å². The molecule has 1 aromatic carbocycles. The molecule has 2 rings (SSSR count). The molecule has 0 spiro atoms. The van der Waals surface area contributed by atoms with Gasteiger partial charge in [0.15, 0.2) is 5.82 Å². The summed E-state index contributed by atoms with van der Waals surface area (Å²) in [5, 5.41) is 7.61. The monoisotopic (exact) mass is 244 g/mol. The lowest BCUT2D eigenvalue weighted by Crippen LogP contribution is -2.17. The zero-order chi connectivity index (χ0) is 12.8. The van der Waals surface area contributed by atoms with E-state index in [2.05, 4.69) is 52.7 Å². The Morgan fingerprint density at radius 1 is 1.28 bits per heavy atom. The van der Waals surface area contributed by atoms with E-state index in [0.29, 0.717) is 5.92 Å². The van der Waals surface area contributed by atoms with Gasteiger partial charge in [0.2, 0.25) is 0 Å². The van der Waals surface area contributed by atoms with Crippen molar-refractivity contribution in [3.05, 3.63) is 48.0 Å². The highest BCUT2D eigenvalue weighted by atomic mass is 15.3. The fraction of sp³-hybridized carbons (Fsp3) is 0.429. The van der Waals surface area contributed by atoms with E-state index in [1.54, 1.807) is 11.0 Å². The zero-order valence-electron chi connectivity index (χ0n) is 11.0. The molecule has 1 N–H and O–H groups in total. The molecule has 4 nitrogen and oxygen atoms in total. The van der Waals surface area contributed by atoms with Gasteiger partial charge in [0.05, 0.1) is 6.54 Å². The van der Waals surface area contributed by atoms with Crippen LogP contribution in [0.4, 0.5) is 0 Å². The third kappa shape index (κ3) is 3.67. The predicted octanol–water partition coefficient (Wildman–Crippen LogP) is 2.10. The molecule has 0 aliphatic heterocycles. The Balaban J connectivity index is 1.69. The molecule has 0 aliphatic carbocycles. The number of hydrogen-bond acceptors (Lipinski definition) is 3. The fourth-order valence-corrected chi connectivity index (χ4v) is 1.93. The molecule has 0 amide bonds. The number of hydrogen-bond donors (Lipinski definition) is 1. The average molecular weight is 244 g/mol. The van der Waals surface area contributed by atoms with Crippen LogP contribution < -0.4 is 5.32 Å². The molecule has 0 aliphatic rings. The van der Waals surface area contributed by atoms with Crippen LogP contribution in [-0.4, -0.2) is 21.3 Å². The number of rotatable bonds is 6. The van der Waals surface area contributed by atoms with Crippen molar-refractivity contribution in [2.45, 2.75) is 25.8 Å². The first-order valence-corrected chi connectivity index (χ1v) is 6.36. The Morgan fingerprint density at radius 3 is 2.72 bits per heavy atom. The van der Waals surface area contributed by atoms with E-state index < -0.39 is 0 Å². The summed E-state index contributed by atoms with van der Waals surface area (Å²) in [6, 6.07) is 10.6. The minimum atomic E-state index is 0.579. The lowest BCUT2D eigenvalue weighted by Gasteiger charge is -2.11. The Bertz CT molecular complexity index is 464. The zero-order valence-corrected chi connectivity index (χ0v) is 11.0. The van der Waals surface area contributed by atoms with Gasteiger partial charge >= 0.3 is 0 Å². The summed E-state index contributed by atoms with van der Waals surface area (Å²) in [6.07, 6.45) is 2.85. The Labute approximate surface area is 108 Å². The molecule has 1 unspecified atom stereocenters. The molecule has 0 saturated carbocycles. The van der Waals surface area contributed by atoms with E-state index in [1.807, 2.05) is 7.05 Å². The first kappa shape index (κ1) is 12.8. The first-order valence-electron chi connectivity index (χ1n) is 6.36. The van der Waals surface area contributed by atoms with Crippen molar-refractivity contribution in [3.8, 4) is 0 Å². The van der Waals surface area contributed by atoms with Crippen molar-refractivity contribution in [1.82, 2.24) is 20.1 Å². The second kappa shape index (κ2) is 6.31. The van der Waals surface area contributed by atoms with Gasteiger partial charge in [-0.2, -0.15) is 5.10 Å². The highest BCUT2D eigenvalue weighted by Crippen LogP contribution is 2.17. The van der Waals surface area contributed by atoms with Crippen LogP contribution in [0, 0.1) is 0 Å². The van der Waals surface area contributed by atoms with Crippen molar-refractivity contribution in [2.75, 3.05) is 6.54 Å². The number of aryl methyl sites for hydroxylation is 1. The summed E-state index contributed by atoms with van der Waals surface area (Å²) in [4.78, 5) is 4.18. The molecule has 18 heavy (non-hydrogen) atoms. The summed E-state index contributed by atoms with van der Waals surface area (Å²) >= 11 is 0. The normalized spacial score (nSPS) is 12.6. The first-order chi connectivity index (χ1) is 8.75. The van der Waals surface area contributed by atoms with Crippen molar-refractivity contribution < 1.29 is 0 Å². The van der Waals surface area contributed by atoms with E-state index in [4.69, 9.17) is 0 Å². The molecular weight excluding hydrogens is 224 g/mol. The standard InChI is InChI=1S/C14H20N4/c1-12(13-6-4-3-5-7-13)8-9-15-10-14-16-11-18(2)17-14/h3-7,11-12,15H,8-10H2,1-2H3. The number of nitrogens with one attached hydrogen (secondary N) is 1. The topological polar surface area (TPSA) is 42.7 Å². The van der Waals surface area contributed by atoms with Gasteiger partial charge in [0.25, 0.3) is 0 Å². The van der Waals surface area contributed by atoms with Gasteiger partial charge in [0.1, 0.15) is 6.33 Å². The van der Waals surface area contributed by atoms with Crippen molar-refractivity contribution >= 4 is 0 Å². The second-order valence-electron chi connectivity index (χ2n) is 4.61. The summed E-state index contributed by atoms with van der Waals surface area (Å²) in [5.41, 5.74) is 1.40. The molecule has 1 atom stereocenters. The molecular formula is C14H20N4. The molecule has 0 bridgehead atoms. The lowest BCUT2D eigenvalue weighted by molar-refractivity contribution is 0.580. The van der Waals surface area contributed by atoms with E-state index >= 15 is 0 Å². The highest BCUT2D eigenvalue weighted by Gasteiger charge is 2.04. The summed E-state index contributed by atoms with van der Waals surface area (Å²) in [7, 11) is 1.88. The van der Waals surface area contributed by atoms with Crippen LogP contribution in [0.3, 0.4) is 0 Å². The van der Waals surface area contributed by atoms with Crippen molar-refractivity contribution in [3.63, 3.8) is 0 Å². The molecule has 2 aromatic rings. The molecule has 4 heteroatoms. The van der Waals surface area contributed by atoms with Crippen molar-refractivity contribution in [1.29, 1.82) is 0 Å². The number of benzene rings is 1. The Kier molecular flexibility index (Phi) is 4.47. The van der Waals surface area contributed by atoms with Gasteiger partial charge in [-0.15, -0.1) is 0 Å². The van der Waals surface area contributed by atoms with Crippen LogP contribution in [0.1, 0.15) is 30.7 Å². The smallest absolute Gasteiger partial charge is 0.164 e. The highest BCUT2D eigenvalue weighted by molar-refractivity contribution is 5.18. The average Bonchev–Trinajstić information content (AvgIpc) is 2.81. The maximum absolute atomic E-state index is 4.23. The minimum absolute atomic E-state index is 0.579. The molecule has 0 saturated heterocycles. The molecule has 96 valence electrons. The molecule has 1 heterocycles. The predicted molar refractivity (Wildman–Crippen MR) is 72.2 cm³/mol. The Hall–Kier alpha value is -1.68. The quantitative estimate of drug-likeness (QED) is 0.791. The third-order valence-electron chi connectivity index (χ3n) is 3.05. The summed E-state index contributed by atoms with van der Waals surface area (Å²) < 4.78 is 1.73. The van der Waals surface area contributed by atoms with E-state index in [-0.39, 0.29) is 0 Å². The van der Waals surface area contributed by atoms with Crippen molar-refractivity contribution in [2.24, 2.45) is 7.05 Å². The van der Waals surface area contributed by atoms with Crippen LogP contribution in [0.15, 0.2) is 36.7 Å². The van der Waals surface area contributed by atoms with Crippen LogP contribution in [0.2, 0.25) is 0 Å². The van der Waals surface area contributed by atoms with E-state index in [1.165, 1.54) is 5.56 Å². The third-order valence-corrected chi connectivity index (χ3v) is 3.05. The van der Waals surface area contributed by atoms with E-state index in [0.717, 1.165) is 25.3 Å². The summed E-state index contributed by atoms with van der Waals surface area (Å²) in [6.45, 7) is 3.98. The van der Waals surface area contributed by atoms with Crippen LogP contribution >= 0.6 is 0 Å². The summed E-state index contributed by atoms with van der Waals surface area (Å²) in [5.74, 6) is 1.43. The maximum atomic E-state index is 4.23. The molecule has 0 radical (unpaired) electrons. The lowest BCUT2D eigenvalue weighted by atomic mass is 9.98. The number of nitrogens with zero attached hydrogens (tertiary/aromatic N) is 3. The Morgan fingerprint density at radius 2 is 2.06 bits per heavy atom. The minimum Gasteiger partial charge on any atom is -0.310 e. The van der Waals surface area contributed by atoms with Crippen LogP contribution in [0.5, 0.6) is 0 Å². The molecule has 0 fully saturated rings. The largest absolute Gasteiger partial charge is 0.310 e. The van der Waals surface area contributed by atoms with Gasteiger partial charge in [-0.3, -0.25) is 4.68 Å². The maximum Gasteiger partial charge on any atom is 0.164 e. The second-order valence-corrected chi connectivity index (χ2v) is 4.61. The van der Waals surface area contributed by atoms with Gasteiger partial charge in [-0.05, 0) is 24.4 Å². The van der Waals surface area contributed by atoms with Gasteiger partial charge < -0.3 is 5.32 Å². The van der Waals surface area contributed by atoms with Crippen LogP contribution in [0.25, 0.3) is 0 Å². The fourth-order valence-electron chi connectivity index (χ4n) is 1.93. The SMILES string of the molecule is CC(CCNCc1ncn(C)n1)c1ccccc1. The van der Waals surface area contributed by atoms with Gasteiger partial charge in [-0.1, -0.05) is 37.3 Å². The molecule has 1 aromatic heterocycles. The van der Waals surface area contributed by atoms with Gasteiger partial charge in [0, 0.05) is 7.05 Å². The number of aromatic nitrogens is 3. The van der Waals surface area contributed by atoms with Crippen LogP contribution in [-0.2, 0) is 13.6 Å². The van der Waals surface area contributed by atoms with E-state index in [9.17, 15) is 0 Å².